The van der Waals surface area contributed by atoms with Crippen molar-refractivity contribution >= 4 is 21.8 Å². The number of piperidine rings is 1. The van der Waals surface area contributed by atoms with Crippen molar-refractivity contribution < 1.29 is 18.0 Å². The molecule has 2 rings (SSSR count). The van der Waals surface area contributed by atoms with E-state index in [1.165, 1.54) is 7.05 Å². The maximum absolute atomic E-state index is 12.2. The third kappa shape index (κ3) is 6.42. The Morgan fingerprint density at radius 1 is 1.19 bits per heavy atom. The van der Waals surface area contributed by atoms with Crippen LogP contribution >= 0.6 is 0 Å². The molecule has 0 atom stereocenters. The van der Waals surface area contributed by atoms with E-state index in [9.17, 15) is 18.0 Å². The van der Waals surface area contributed by atoms with Gasteiger partial charge in [-0.15, -0.1) is 0 Å². The Morgan fingerprint density at radius 3 is 2.38 bits per heavy atom. The average molecular weight is 381 g/mol. The average Bonchev–Trinajstić information content (AvgIpc) is 2.60. The number of hydrogen-bond donors (Lipinski definition) is 1. The van der Waals surface area contributed by atoms with Crippen molar-refractivity contribution in [2.24, 2.45) is 0 Å². The van der Waals surface area contributed by atoms with Gasteiger partial charge in [-0.1, -0.05) is 30.3 Å². The van der Waals surface area contributed by atoms with Crippen LogP contribution in [-0.2, 0) is 26.0 Å². The van der Waals surface area contributed by atoms with Crippen molar-refractivity contribution in [1.29, 1.82) is 0 Å². The summed E-state index contributed by atoms with van der Waals surface area (Å²) in [6.07, 6.45) is 3.61. The zero-order valence-corrected chi connectivity index (χ0v) is 16.2. The van der Waals surface area contributed by atoms with E-state index in [2.05, 4.69) is 5.32 Å². The molecule has 2 amide bonds. The van der Waals surface area contributed by atoms with Gasteiger partial charge < -0.3 is 10.2 Å². The van der Waals surface area contributed by atoms with Crippen molar-refractivity contribution in [3.05, 3.63) is 35.9 Å². The molecule has 0 aliphatic carbocycles. The number of carbonyl (C=O) groups excluding carboxylic acids is 2. The summed E-state index contributed by atoms with van der Waals surface area (Å²) in [7, 11) is -1.97. The molecule has 1 fully saturated rings. The Labute approximate surface area is 155 Å². The van der Waals surface area contributed by atoms with Crippen molar-refractivity contribution in [3.63, 3.8) is 0 Å². The minimum Gasteiger partial charge on any atom is -0.353 e. The molecule has 1 heterocycles. The van der Waals surface area contributed by atoms with Crippen LogP contribution in [0.5, 0.6) is 0 Å². The van der Waals surface area contributed by atoms with Crippen LogP contribution in [0.4, 0.5) is 0 Å². The number of nitrogens with one attached hydrogen (secondary N) is 1. The van der Waals surface area contributed by atoms with Gasteiger partial charge in [0.1, 0.15) is 0 Å². The summed E-state index contributed by atoms with van der Waals surface area (Å²) < 4.78 is 23.8. The van der Waals surface area contributed by atoms with Crippen LogP contribution in [0.2, 0.25) is 0 Å². The van der Waals surface area contributed by atoms with Gasteiger partial charge in [0, 0.05) is 32.6 Å². The molecule has 8 heteroatoms. The lowest BCUT2D eigenvalue weighted by Gasteiger charge is -2.33. The highest BCUT2D eigenvalue weighted by molar-refractivity contribution is 7.88. The van der Waals surface area contributed by atoms with Crippen LogP contribution in [0.3, 0.4) is 0 Å². The molecule has 1 aromatic carbocycles. The summed E-state index contributed by atoms with van der Waals surface area (Å²) in [5, 5.41) is 3.03. The normalized spacial score (nSPS) is 15.9. The Balaban J connectivity index is 1.71. The first-order valence-corrected chi connectivity index (χ1v) is 10.6. The Bertz CT molecular complexity index is 713. The maximum atomic E-state index is 12.2. The molecule has 0 bridgehead atoms. The van der Waals surface area contributed by atoms with E-state index in [0.717, 1.165) is 16.1 Å². The van der Waals surface area contributed by atoms with Crippen LogP contribution in [0.25, 0.3) is 0 Å². The van der Waals surface area contributed by atoms with E-state index >= 15 is 0 Å². The molecule has 1 aliphatic rings. The summed E-state index contributed by atoms with van der Waals surface area (Å²) in [6, 6.07) is 9.94. The molecule has 1 aliphatic heterocycles. The lowest BCUT2D eigenvalue weighted by molar-refractivity contribution is -0.132. The van der Waals surface area contributed by atoms with Gasteiger partial charge in [-0.25, -0.2) is 8.42 Å². The number of carbonyl (C=O) groups is 2. The van der Waals surface area contributed by atoms with Gasteiger partial charge in [-0.05, 0) is 24.8 Å². The van der Waals surface area contributed by atoms with Gasteiger partial charge in [0.15, 0.2) is 0 Å². The fraction of sp³-hybridized carbons (Fsp3) is 0.556. The SMILES string of the molecule is CN(CC(=O)N1CCC(NC(=O)CCc2ccccc2)CC1)S(C)(=O)=O. The zero-order chi connectivity index (χ0) is 19.2. The number of hydrogen-bond acceptors (Lipinski definition) is 4. The standard InChI is InChI=1S/C18H27N3O4S/c1-20(26(2,24)25)14-18(23)21-12-10-16(11-13-21)19-17(22)9-8-15-6-4-3-5-7-15/h3-7,16H,8-14H2,1-2H3,(H,19,22). The quantitative estimate of drug-likeness (QED) is 0.750. The maximum Gasteiger partial charge on any atom is 0.237 e. The van der Waals surface area contributed by atoms with E-state index < -0.39 is 10.0 Å². The second-order valence-corrected chi connectivity index (χ2v) is 8.82. The number of nitrogens with zero attached hydrogens (tertiary/aromatic N) is 2. The van der Waals surface area contributed by atoms with E-state index in [0.29, 0.717) is 38.8 Å². The molecule has 144 valence electrons. The lowest BCUT2D eigenvalue weighted by Crippen LogP contribution is -2.49. The number of benzene rings is 1. The summed E-state index contributed by atoms with van der Waals surface area (Å²) >= 11 is 0. The molecule has 1 saturated heterocycles. The Morgan fingerprint density at radius 2 is 1.81 bits per heavy atom. The van der Waals surface area contributed by atoms with Crippen molar-refractivity contribution in [2.45, 2.75) is 31.7 Å². The number of amides is 2. The number of aryl methyl sites for hydroxylation is 1. The topological polar surface area (TPSA) is 86.8 Å². The second-order valence-electron chi connectivity index (χ2n) is 6.73. The predicted octanol–water partition coefficient (Wildman–Crippen LogP) is 0.618. The largest absolute Gasteiger partial charge is 0.353 e. The first kappa shape index (κ1) is 20.4. The fourth-order valence-corrected chi connectivity index (χ4v) is 3.23. The van der Waals surface area contributed by atoms with Crippen molar-refractivity contribution in [3.8, 4) is 0 Å². The molecule has 26 heavy (non-hydrogen) atoms. The predicted molar refractivity (Wildman–Crippen MR) is 100.0 cm³/mol. The molecule has 1 aromatic rings. The summed E-state index contributed by atoms with van der Waals surface area (Å²) in [5.74, 6) is -0.179. The number of rotatable bonds is 7. The molecule has 0 aromatic heterocycles. The van der Waals surface area contributed by atoms with Crippen LogP contribution in [0, 0.1) is 0 Å². The van der Waals surface area contributed by atoms with Gasteiger partial charge in [0.25, 0.3) is 0 Å². The van der Waals surface area contributed by atoms with Crippen LogP contribution in [0.1, 0.15) is 24.8 Å². The highest BCUT2D eigenvalue weighted by atomic mass is 32.2. The van der Waals surface area contributed by atoms with Crippen molar-refractivity contribution in [2.75, 3.05) is 32.9 Å². The molecule has 0 radical (unpaired) electrons. The molecule has 0 saturated carbocycles. The van der Waals surface area contributed by atoms with Gasteiger partial charge in [-0.2, -0.15) is 4.31 Å². The number of likely N-dealkylation sites (N-methyl/N-ethyl adjacent to an activating group) is 1. The highest BCUT2D eigenvalue weighted by Crippen LogP contribution is 2.12. The van der Waals surface area contributed by atoms with Crippen molar-refractivity contribution in [1.82, 2.24) is 14.5 Å². The third-order valence-corrected chi connectivity index (χ3v) is 5.88. The molecule has 0 spiro atoms. The van der Waals surface area contributed by atoms with Crippen LogP contribution in [-0.4, -0.2) is 68.4 Å². The van der Waals surface area contributed by atoms with E-state index in [-0.39, 0.29) is 24.4 Å². The monoisotopic (exact) mass is 381 g/mol. The fourth-order valence-electron chi connectivity index (χ4n) is 2.88. The van der Waals surface area contributed by atoms with Crippen LogP contribution in [0.15, 0.2) is 30.3 Å². The lowest BCUT2D eigenvalue weighted by atomic mass is 10.0. The molecule has 7 nitrogen and oxygen atoms in total. The summed E-state index contributed by atoms with van der Waals surface area (Å²) in [4.78, 5) is 25.9. The molecule has 0 unspecified atom stereocenters. The first-order chi connectivity index (χ1) is 12.3. The number of sulfonamides is 1. The smallest absolute Gasteiger partial charge is 0.237 e. The van der Waals surface area contributed by atoms with Gasteiger partial charge in [-0.3, -0.25) is 9.59 Å². The minimum absolute atomic E-state index is 0.0236. The molecular weight excluding hydrogens is 354 g/mol. The summed E-state index contributed by atoms with van der Waals surface area (Å²) in [6.45, 7) is 0.910. The Hall–Kier alpha value is -1.93. The van der Waals surface area contributed by atoms with Gasteiger partial charge >= 0.3 is 0 Å². The Kier molecular flexibility index (Phi) is 7.16. The highest BCUT2D eigenvalue weighted by Gasteiger charge is 2.25. The summed E-state index contributed by atoms with van der Waals surface area (Å²) in [5.41, 5.74) is 1.14. The second kappa shape index (κ2) is 9.14. The van der Waals surface area contributed by atoms with Gasteiger partial charge in [0.05, 0.1) is 12.8 Å². The van der Waals surface area contributed by atoms with Crippen LogP contribution < -0.4 is 5.32 Å². The molecular formula is C18H27N3O4S. The minimum atomic E-state index is -3.36. The first-order valence-electron chi connectivity index (χ1n) is 8.78. The van der Waals surface area contributed by atoms with E-state index in [1.807, 2.05) is 30.3 Å². The number of likely N-dealkylation sites (tertiary alicyclic amines) is 1. The zero-order valence-electron chi connectivity index (χ0n) is 15.3. The van der Waals surface area contributed by atoms with E-state index in [4.69, 9.17) is 0 Å². The third-order valence-electron chi connectivity index (χ3n) is 4.62. The van der Waals surface area contributed by atoms with E-state index in [1.54, 1.807) is 4.90 Å². The van der Waals surface area contributed by atoms with Gasteiger partial charge in [0.2, 0.25) is 21.8 Å². The molecule has 1 N–H and O–H groups in total.